The normalized spacial score (nSPS) is 16.4. The van der Waals surface area contributed by atoms with Gasteiger partial charge < -0.3 is 15.3 Å². The lowest BCUT2D eigenvalue weighted by atomic mass is 9.97. The zero-order valence-electron chi connectivity index (χ0n) is 11.2. The molecule has 0 aromatic carbocycles. The summed E-state index contributed by atoms with van der Waals surface area (Å²) in [7, 11) is 0. The number of hydrogen-bond acceptors (Lipinski definition) is 5. The Morgan fingerprint density at radius 3 is 2.84 bits per heavy atom. The summed E-state index contributed by atoms with van der Waals surface area (Å²) in [6, 6.07) is 1.93. The van der Waals surface area contributed by atoms with E-state index in [1.54, 1.807) is 6.33 Å². The van der Waals surface area contributed by atoms with Crippen LogP contribution in [0.5, 0.6) is 0 Å². The van der Waals surface area contributed by atoms with Crippen LogP contribution in [0, 0.1) is 5.92 Å². The van der Waals surface area contributed by atoms with Gasteiger partial charge in [0, 0.05) is 25.7 Å². The molecule has 1 fully saturated rings. The van der Waals surface area contributed by atoms with Gasteiger partial charge in [-0.3, -0.25) is 4.79 Å². The number of nitrogens with one attached hydrogen (secondary N) is 1. The molecule has 1 aliphatic rings. The summed E-state index contributed by atoms with van der Waals surface area (Å²) in [5, 5.41) is 12.2. The van der Waals surface area contributed by atoms with Crippen molar-refractivity contribution in [2.75, 3.05) is 29.9 Å². The maximum atomic E-state index is 10.9. The topological polar surface area (TPSA) is 78.4 Å². The fraction of sp³-hybridized carbons (Fsp3) is 0.615. The van der Waals surface area contributed by atoms with Gasteiger partial charge >= 0.3 is 5.97 Å². The highest BCUT2D eigenvalue weighted by molar-refractivity contribution is 5.70. The molecule has 1 aliphatic heterocycles. The standard InChI is InChI=1S/C13H20N4O2/c1-2-5-14-11-8-12(16-9-15-11)17-6-3-10(4-7-17)13(18)19/h8-10H,2-7H2,1H3,(H,18,19)(H,14,15,16). The lowest BCUT2D eigenvalue weighted by Gasteiger charge is -2.31. The van der Waals surface area contributed by atoms with Gasteiger partial charge in [-0.2, -0.15) is 0 Å². The zero-order chi connectivity index (χ0) is 13.7. The summed E-state index contributed by atoms with van der Waals surface area (Å²) < 4.78 is 0. The molecule has 0 atom stereocenters. The first-order valence-electron chi connectivity index (χ1n) is 6.74. The third kappa shape index (κ3) is 3.56. The Hall–Kier alpha value is -1.85. The molecule has 0 saturated carbocycles. The molecule has 2 heterocycles. The lowest BCUT2D eigenvalue weighted by Crippen LogP contribution is -2.36. The number of carbonyl (C=O) groups is 1. The molecule has 19 heavy (non-hydrogen) atoms. The summed E-state index contributed by atoms with van der Waals surface area (Å²) in [6.07, 6.45) is 3.95. The van der Waals surface area contributed by atoms with Gasteiger partial charge in [0.2, 0.25) is 0 Å². The summed E-state index contributed by atoms with van der Waals surface area (Å²) in [5.41, 5.74) is 0. The van der Waals surface area contributed by atoms with E-state index in [9.17, 15) is 4.79 Å². The largest absolute Gasteiger partial charge is 0.481 e. The Labute approximate surface area is 112 Å². The number of carboxylic acid groups (broad SMARTS) is 1. The second-order valence-corrected chi connectivity index (χ2v) is 4.79. The van der Waals surface area contributed by atoms with Gasteiger partial charge in [-0.15, -0.1) is 0 Å². The highest BCUT2D eigenvalue weighted by Crippen LogP contribution is 2.22. The zero-order valence-corrected chi connectivity index (χ0v) is 11.2. The number of piperidine rings is 1. The fourth-order valence-electron chi connectivity index (χ4n) is 2.23. The Morgan fingerprint density at radius 1 is 1.47 bits per heavy atom. The van der Waals surface area contributed by atoms with Gasteiger partial charge in [-0.1, -0.05) is 6.92 Å². The number of nitrogens with zero attached hydrogens (tertiary/aromatic N) is 3. The van der Waals surface area contributed by atoms with Gasteiger partial charge in [0.05, 0.1) is 5.92 Å². The van der Waals surface area contributed by atoms with Crippen LogP contribution in [-0.4, -0.2) is 40.7 Å². The van der Waals surface area contributed by atoms with E-state index < -0.39 is 5.97 Å². The van der Waals surface area contributed by atoms with Crippen LogP contribution in [0.2, 0.25) is 0 Å². The Bertz CT molecular complexity index is 430. The lowest BCUT2D eigenvalue weighted by molar-refractivity contribution is -0.142. The predicted octanol–water partition coefficient (Wildman–Crippen LogP) is 1.60. The molecule has 1 aromatic rings. The van der Waals surface area contributed by atoms with Gasteiger partial charge in [-0.25, -0.2) is 9.97 Å². The highest BCUT2D eigenvalue weighted by atomic mass is 16.4. The highest BCUT2D eigenvalue weighted by Gasteiger charge is 2.25. The van der Waals surface area contributed by atoms with Crippen molar-refractivity contribution in [1.29, 1.82) is 0 Å². The summed E-state index contributed by atoms with van der Waals surface area (Å²) in [5.74, 6) is 0.799. The molecule has 0 amide bonds. The van der Waals surface area contributed by atoms with Crippen LogP contribution in [0.25, 0.3) is 0 Å². The molecule has 6 heteroatoms. The molecule has 0 unspecified atom stereocenters. The molecule has 0 bridgehead atoms. The van der Waals surface area contributed by atoms with E-state index in [2.05, 4.69) is 27.1 Å². The number of carboxylic acids is 1. The van der Waals surface area contributed by atoms with E-state index in [0.29, 0.717) is 12.8 Å². The molecule has 2 N–H and O–H groups in total. The summed E-state index contributed by atoms with van der Waals surface area (Å²) in [4.78, 5) is 21.5. The van der Waals surface area contributed by atoms with Gasteiger partial charge in [-0.05, 0) is 19.3 Å². The molecular formula is C13H20N4O2. The molecule has 0 radical (unpaired) electrons. The van der Waals surface area contributed by atoms with E-state index >= 15 is 0 Å². The SMILES string of the molecule is CCCNc1cc(N2CCC(C(=O)O)CC2)ncn1. The molecule has 0 aliphatic carbocycles. The van der Waals surface area contributed by atoms with Crippen molar-refractivity contribution < 1.29 is 9.90 Å². The number of aromatic nitrogens is 2. The van der Waals surface area contributed by atoms with Crippen LogP contribution in [-0.2, 0) is 4.79 Å². The van der Waals surface area contributed by atoms with Gasteiger partial charge in [0.25, 0.3) is 0 Å². The maximum Gasteiger partial charge on any atom is 0.306 e. The molecule has 6 nitrogen and oxygen atoms in total. The second kappa shape index (κ2) is 6.36. The second-order valence-electron chi connectivity index (χ2n) is 4.79. The van der Waals surface area contributed by atoms with Crippen molar-refractivity contribution in [2.24, 2.45) is 5.92 Å². The minimum absolute atomic E-state index is 0.212. The van der Waals surface area contributed by atoms with Crippen molar-refractivity contribution in [2.45, 2.75) is 26.2 Å². The van der Waals surface area contributed by atoms with E-state index in [1.165, 1.54) is 0 Å². The van der Waals surface area contributed by atoms with Gasteiger partial charge in [0.15, 0.2) is 0 Å². The van der Waals surface area contributed by atoms with Crippen molar-refractivity contribution in [1.82, 2.24) is 9.97 Å². The summed E-state index contributed by atoms with van der Waals surface area (Å²) >= 11 is 0. The molecular weight excluding hydrogens is 244 g/mol. The van der Waals surface area contributed by atoms with E-state index in [0.717, 1.165) is 37.7 Å². The van der Waals surface area contributed by atoms with Crippen LogP contribution >= 0.6 is 0 Å². The van der Waals surface area contributed by atoms with E-state index in [-0.39, 0.29) is 5.92 Å². The minimum Gasteiger partial charge on any atom is -0.481 e. The number of hydrogen-bond donors (Lipinski definition) is 2. The molecule has 1 aromatic heterocycles. The van der Waals surface area contributed by atoms with E-state index in [1.807, 2.05) is 6.07 Å². The first kappa shape index (κ1) is 13.6. The molecule has 1 saturated heterocycles. The van der Waals surface area contributed by atoms with Crippen molar-refractivity contribution in [3.63, 3.8) is 0 Å². The quantitative estimate of drug-likeness (QED) is 0.841. The Kier molecular flexibility index (Phi) is 4.54. The van der Waals surface area contributed by atoms with Crippen LogP contribution in [0.15, 0.2) is 12.4 Å². The third-order valence-electron chi connectivity index (χ3n) is 3.38. The third-order valence-corrected chi connectivity index (χ3v) is 3.38. The average Bonchev–Trinajstić information content (AvgIpc) is 2.45. The Morgan fingerprint density at radius 2 is 2.21 bits per heavy atom. The number of anilines is 2. The summed E-state index contributed by atoms with van der Waals surface area (Å²) in [6.45, 7) is 4.46. The molecule has 0 spiro atoms. The Balaban J connectivity index is 1.97. The van der Waals surface area contributed by atoms with Crippen LogP contribution in [0.1, 0.15) is 26.2 Å². The van der Waals surface area contributed by atoms with Crippen molar-refractivity contribution in [3.05, 3.63) is 12.4 Å². The van der Waals surface area contributed by atoms with E-state index in [4.69, 9.17) is 5.11 Å². The monoisotopic (exact) mass is 264 g/mol. The number of aliphatic carboxylic acids is 1. The molecule has 2 rings (SSSR count). The van der Waals surface area contributed by atoms with Crippen LogP contribution < -0.4 is 10.2 Å². The van der Waals surface area contributed by atoms with Gasteiger partial charge in [0.1, 0.15) is 18.0 Å². The van der Waals surface area contributed by atoms with Crippen molar-refractivity contribution in [3.8, 4) is 0 Å². The van der Waals surface area contributed by atoms with Crippen LogP contribution in [0.3, 0.4) is 0 Å². The molecule has 104 valence electrons. The van der Waals surface area contributed by atoms with Crippen molar-refractivity contribution >= 4 is 17.6 Å². The smallest absolute Gasteiger partial charge is 0.306 e. The minimum atomic E-state index is -0.687. The fourth-order valence-corrected chi connectivity index (χ4v) is 2.23. The predicted molar refractivity (Wildman–Crippen MR) is 73.4 cm³/mol. The van der Waals surface area contributed by atoms with Crippen LogP contribution in [0.4, 0.5) is 11.6 Å². The first-order valence-corrected chi connectivity index (χ1v) is 6.74. The first-order chi connectivity index (χ1) is 9.20. The average molecular weight is 264 g/mol. The number of rotatable bonds is 5. The maximum absolute atomic E-state index is 10.9.